The van der Waals surface area contributed by atoms with E-state index in [9.17, 15) is 4.79 Å². The molecule has 0 unspecified atom stereocenters. The Labute approximate surface area is 179 Å². The van der Waals surface area contributed by atoms with E-state index in [1.807, 2.05) is 54.6 Å². The van der Waals surface area contributed by atoms with Crippen LogP contribution in [0.2, 0.25) is 0 Å². The van der Waals surface area contributed by atoms with Crippen molar-refractivity contribution in [1.29, 1.82) is 0 Å². The minimum atomic E-state index is -0.404. The molecule has 3 aromatic carbocycles. The summed E-state index contributed by atoms with van der Waals surface area (Å²) in [5.74, 6) is 0.271. The van der Waals surface area contributed by atoms with E-state index in [0.717, 1.165) is 15.6 Å². The predicted molar refractivity (Wildman–Crippen MR) is 119 cm³/mol. The monoisotopic (exact) mass is 501 g/mol. The van der Waals surface area contributed by atoms with Crippen molar-refractivity contribution in [1.82, 2.24) is 5.43 Å². The van der Waals surface area contributed by atoms with Gasteiger partial charge in [0.1, 0.15) is 12.4 Å². The number of nitrogens with two attached hydrogens (primary N) is 1. The predicted octanol–water partition coefficient (Wildman–Crippen LogP) is 5.14. The second-order valence-corrected chi connectivity index (χ2v) is 7.63. The molecule has 0 aliphatic carbocycles. The fourth-order valence-electron chi connectivity index (χ4n) is 2.45. The number of hydrogen-bond acceptors (Lipinski definition) is 4. The highest BCUT2D eigenvalue weighted by molar-refractivity contribution is 9.11. The van der Waals surface area contributed by atoms with Gasteiger partial charge in [0.25, 0.3) is 5.91 Å². The van der Waals surface area contributed by atoms with Crippen LogP contribution >= 0.6 is 31.9 Å². The summed E-state index contributed by atoms with van der Waals surface area (Å²) in [7, 11) is 0. The molecule has 1 amide bonds. The van der Waals surface area contributed by atoms with Gasteiger partial charge in [0.15, 0.2) is 0 Å². The van der Waals surface area contributed by atoms with Gasteiger partial charge in [0.05, 0.1) is 17.5 Å². The molecule has 0 atom stereocenters. The Bertz CT molecular complexity index is 1010. The normalized spacial score (nSPS) is 10.8. The van der Waals surface area contributed by atoms with Gasteiger partial charge < -0.3 is 10.5 Å². The van der Waals surface area contributed by atoms with E-state index in [0.29, 0.717) is 28.1 Å². The number of carbonyl (C=O) groups is 1. The van der Waals surface area contributed by atoms with E-state index in [-0.39, 0.29) is 0 Å². The number of carbonyl (C=O) groups excluding carboxylic acids is 1. The maximum atomic E-state index is 12.4. The lowest BCUT2D eigenvalue weighted by molar-refractivity contribution is 0.0956. The average molecular weight is 503 g/mol. The SMILES string of the molecule is Nc1c(Br)cc(Br)cc1C(=O)N/N=C\c1ccccc1OCc1ccccc1. The average Bonchev–Trinajstić information content (AvgIpc) is 2.70. The lowest BCUT2D eigenvalue weighted by Crippen LogP contribution is -2.19. The molecular weight excluding hydrogens is 486 g/mol. The molecule has 0 saturated heterocycles. The second kappa shape index (κ2) is 9.52. The third-order valence-corrected chi connectivity index (χ3v) is 4.98. The zero-order valence-electron chi connectivity index (χ0n) is 14.7. The largest absolute Gasteiger partial charge is 0.488 e. The molecule has 5 nitrogen and oxygen atoms in total. The van der Waals surface area contributed by atoms with Gasteiger partial charge in [-0.2, -0.15) is 5.10 Å². The van der Waals surface area contributed by atoms with Crippen molar-refractivity contribution in [3.05, 3.63) is 92.4 Å². The number of nitrogen functional groups attached to an aromatic ring is 1. The van der Waals surface area contributed by atoms with Crippen molar-refractivity contribution in [2.45, 2.75) is 6.61 Å². The van der Waals surface area contributed by atoms with Crippen LogP contribution in [0, 0.1) is 0 Å². The van der Waals surface area contributed by atoms with E-state index in [1.54, 1.807) is 18.3 Å². The van der Waals surface area contributed by atoms with Crippen LogP contribution in [0.4, 0.5) is 5.69 Å². The Morgan fingerprint density at radius 2 is 1.79 bits per heavy atom. The number of nitrogens with zero attached hydrogens (tertiary/aromatic N) is 1. The highest BCUT2D eigenvalue weighted by atomic mass is 79.9. The van der Waals surface area contributed by atoms with E-state index in [4.69, 9.17) is 10.5 Å². The molecule has 0 saturated carbocycles. The molecule has 0 aliphatic rings. The van der Waals surface area contributed by atoms with Gasteiger partial charge in [-0.05, 0) is 45.8 Å². The number of para-hydroxylation sites is 1. The molecule has 0 heterocycles. The van der Waals surface area contributed by atoms with Gasteiger partial charge in [-0.3, -0.25) is 4.79 Å². The molecule has 28 heavy (non-hydrogen) atoms. The van der Waals surface area contributed by atoms with Crippen molar-refractivity contribution in [2.75, 3.05) is 5.73 Å². The first-order valence-electron chi connectivity index (χ1n) is 8.38. The molecule has 0 spiro atoms. The third-order valence-electron chi connectivity index (χ3n) is 3.86. The maximum Gasteiger partial charge on any atom is 0.273 e. The lowest BCUT2D eigenvalue weighted by atomic mass is 10.2. The fraction of sp³-hybridized carbons (Fsp3) is 0.0476. The van der Waals surface area contributed by atoms with Crippen LogP contribution < -0.4 is 15.9 Å². The third kappa shape index (κ3) is 5.21. The van der Waals surface area contributed by atoms with Crippen LogP contribution in [0.5, 0.6) is 5.75 Å². The smallest absolute Gasteiger partial charge is 0.273 e. The van der Waals surface area contributed by atoms with E-state index in [1.165, 1.54) is 0 Å². The highest BCUT2D eigenvalue weighted by Crippen LogP contribution is 2.28. The van der Waals surface area contributed by atoms with Gasteiger partial charge in [0, 0.05) is 14.5 Å². The van der Waals surface area contributed by atoms with E-state index >= 15 is 0 Å². The Balaban J connectivity index is 1.68. The van der Waals surface area contributed by atoms with Gasteiger partial charge >= 0.3 is 0 Å². The number of hydrazone groups is 1. The molecule has 3 rings (SSSR count). The van der Waals surface area contributed by atoms with Crippen LogP contribution in [0.25, 0.3) is 0 Å². The molecule has 142 valence electrons. The summed E-state index contributed by atoms with van der Waals surface area (Å²) in [4.78, 5) is 12.4. The highest BCUT2D eigenvalue weighted by Gasteiger charge is 2.12. The second-order valence-electron chi connectivity index (χ2n) is 5.86. The van der Waals surface area contributed by atoms with Gasteiger partial charge in [-0.15, -0.1) is 0 Å². The molecule has 0 bridgehead atoms. The van der Waals surface area contributed by atoms with Crippen LogP contribution in [-0.2, 0) is 6.61 Å². The number of rotatable bonds is 6. The number of anilines is 1. The topological polar surface area (TPSA) is 76.7 Å². The van der Waals surface area contributed by atoms with Crippen molar-refractivity contribution >= 4 is 49.7 Å². The number of amides is 1. The molecule has 0 fully saturated rings. The summed E-state index contributed by atoms with van der Waals surface area (Å²) >= 11 is 6.67. The summed E-state index contributed by atoms with van der Waals surface area (Å²) in [6.07, 6.45) is 1.54. The van der Waals surface area contributed by atoms with Crippen molar-refractivity contribution < 1.29 is 9.53 Å². The van der Waals surface area contributed by atoms with Gasteiger partial charge in [0.2, 0.25) is 0 Å². The Morgan fingerprint density at radius 1 is 1.07 bits per heavy atom. The Hall–Kier alpha value is -2.64. The Kier molecular flexibility index (Phi) is 6.84. The zero-order valence-corrected chi connectivity index (χ0v) is 17.9. The molecule has 3 aromatic rings. The molecular formula is C21H17Br2N3O2. The number of ether oxygens (including phenoxy) is 1. The summed E-state index contributed by atoms with van der Waals surface area (Å²) in [5, 5.41) is 4.04. The van der Waals surface area contributed by atoms with Crippen LogP contribution in [-0.4, -0.2) is 12.1 Å². The molecule has 0 aromatic heterocycles. The molecule has 0 aliphatic heterocycles. The van der Waals surface area contributed by atoms with Crippen LogP contribution in [0.1, 0.15) is 21.5 Å². The maximum absolute atomic E-state index is 12.4. The number of hydrogen-bond donors (Lipinski definition) is 2. The van der Waals surface area contributed by atoms with Crippen molar-refractivity contribution in [3.8, 4) is 5.75 Å². The summed E-state index contributed by atoms with van der Waals surface area (Å²) in [5.41, 5.74) is 10.9. The van der Waals surface area contributed by atoms with Crippen LogP contribution in [0.3, 0.4) is 0 Å². The minimum Gasteiger partial charge on any atom is -0.488 e. The standard InChI is InChI=1S/C21H17Br2N3O2/c22-16-10-17(20(24)18(23)11-16)21(27)26-25-12-15-8-4-5-9-19(15)28-13-14-6-2-1-3-7-14/h1-12H,13,24H2,(H,26,27)/b25-12-. The van der Waals surface area contributed by atoms with Crippen molar-refractivity contribution in [3.63, 3.8) is 0 Å². The minimum absolute atomic E-state index is 0.326. The number of nitrogens with one attached hydrogen (secondary N) is 1. The van der Waals surface area contributed by atoms with Crippen molar-refractivity contribution in [2.24, 2.45) is 5.10 Å². The zero-order chi connectivity index (χ0) is 19.9. The first kappa shape index (κ1) is 20.1. The molecule has 7 heteroatoms. The summed E-state index contributed by atoms with van der Waals surface area (Å²) in [6.45, 7) is 0.445. The fourth-order valence-corrected chi connectivity index (χ4v) is 3.67. The number of halogens is 2. The summed E-state index contributed by atoms with van der Waals surface area (Å²) in [6, 6.07) is 20.8. The van der Waals surface area contributed by atoms with Crippen LogP contribution in [0.15, 0.2) is 80.8 Å². The quantitative estimate of drug-likeness (QED) is 0.278. The van der Waals surface area contributed by atoms with E-state index < -0.39 is 5.91 Å². The first-order valence-corrected chi connectivity index (χ1v) is 9.97. The molecule has 3 N–H and O–H groups in total. The summed E-state index contributed by atoms with van der Waals surface area (Å²) < 4.78 is 7.25. The van der Waals surface area contributed by atoms with Gasteiger partial charge in [-0.1, -0.05) is 58.4 Å². The number of benzene rings is 3. The van der Waals surface area contributed by atoms with E-state index in [2.05, 4.69) is 42.4 Å². The first-order chi connectivity index (χ1) is 13.5. The van der Waals surface area contributed by atoms with Gasteiger partial charge in [-0.25, -0.2) is 5.43 Å². The molecule has 0 radical (unpaired) electrons. The lowest BCUT2D eigenvalue weighted by Gasteiger charge is -2.09. The Morgan fingerprint density at radius 3 is 2.57 bits per heavy atom.